The molecule has 2 rings (SSSR count). The van der Waals surface area contributed by atoms with Gasteiger partial charge in [0.1, 0.15) is 18.8 Å². The number of amides is 1. The Morgan fingerprint density at radius 1 is 0.889 bits per heavy atom. The summed E-state index contributed by atoms with van der Waals surface area (Å²) in [6.45, 7) is 5.91. The zero-order valence-electron chi connectivity index (χ0n) is 16.1. The van der Waals surface area contributed by atoms with Crippen LogP contribution in [0.15, 0.2) is 60.7 Å². The van der Waals surface area contributed by atoms with Crippen molar-refractivity contribution in [2.24, 2.45) is 5.92 Å². The minimum Gasteiger partial charge on any atom is -0.459 e. The van der Waals surface area contributed by atoms with Gasteiger partial charge in [-0.05, 0) is 23.5 Å². The van der Waals surface area contributed by atoms with Crippen LogP contribution >= 0.6 is 0 Å². The molecule has 27 heavy (non-hydrogen) atoms. The van der Waals surface area contributed by atoms with Gasteiger partial charge in [0.05, 0.1) is 0 Å². The van der Waals surface area contributed by atoms with Gasteiger partial charge in [-0.1, -0.05) is 81.4 Å². The molecule has 5 nitrogen and oxygen atoms in total. The molecule has 0 aliphatic carbocycles. The van der Waals surface area contributed by atoms with Crippen LogP contribution in [0.2, 0.25) is 0 Å². The third kappa shape index (κ3) is 5.58. The maximum Gasteiger partial charge on any atom is 0.408 e. The van der Waals surface area contributed by atoms with Crippen molar-refractivity contribution < 1.29 is 19.1 Å². The minimum atomic E-state index is -1.14. The molecule has 0 radical (unpaired) electrons. The lowest BCUT2D eigenvalue weighted by atomic mass is 9.84. The van der Waals surface area contributed by atoms with E-state index >= 15 is 0 Å². The summed E-state index contributed by atoms with van der Waals surface area (Å²) in [6.07, 6.45) is -0.232. The summed E-state index contributed by atoms with van der Waals surface area (Å²) in [5, 5.41) is 2.75. The van der Waals surface area contributed by atoms with Gasteiger partial charge < -0.3 is 14.8 Å². The van der Waals surface area contributed by atoms with Crippen molar-refractivity contribution in [1.82, 2.24) is 5.32 Å². The van der Waals surface area contributed by atoms with E-state index in [1.54, 1.807) is 0 Å². The molecule has 1 atom stereocenters. The molecule has 2 aromatic rings. The van der Waals surface area contributed by atoms with Crippen molar-refractivity contribution in [2.75, 3.05) is 0 Å². The molecule has 0 aliphatic rings. The first-order valence-electron chi connectivity index (χ1n) is 9.18. The normalized spacial score (nSPS) is 12.9. The van der Waals surface area contributed by atoms with Crippen LogP contribution in [0.4, 0.5) is 4.79 Å². The summed E-state index contributed by atoms with van der Waals surface area (Å²) in [7, 11) is 0. The van der Waals surface area contributed by atoms with E-state index in [0.717, 1.165) is 11.1 Å². The number of benzene rings is 2. The molecular formula is C22H27NO4. The fourth-order valence-corrected chi connectivity index (χ4v) is 2.87. The van der Waals surface area contributed by atoms with Crippen molar-refractivity contribution in [2.45, 2.75) is 45.9 Å². The largest absolute Gasteiger partial charge is 0.459 e. The molecule has 0 heterocycles. The Balaban J connectivity index is 2.01. The van der Waals surface area contributed by atoms with E-state index in [1.165, 1.54) is 0 Å². The number of carbonyl (C=O) groups is 2. The van der Waals surface area contributed by atoms with Crippen molar-refractivity contribution >= 4 is 12.1 Å². The lowest BCUT2D eigenvalue weighted by Crippen LogP contribution is -2.58. The Morgan fingerprint density at radius 2 is 1.37 bits per heavy atom. The Labute approximate surface area is 160 Å². The Bertz CT molecular complexity index is 730. The lowest BCUT2D eigenvalue weighted by Gasteiger charge is -2.34. The topological polar surface area (TPSA) is 64.6 Å². The predicted molar refractivity (Wildman–Crippen MR) is 104 cm³/mol. The second kappa shape index (κ2) is 9.76. The summed E-state index contributed by atoms with van der Waals surface area (Å²) in [4.78, 5) is 25.2. The SMILES string of the molecule is CC[C@@](NC(=O)OCc1ccccc1)(C(=O)OCc1ccccc1)C(C)C. The molecule has 0 aromatic heterocycles. The molecule has 1 N–H and O–H groups in total. The molecule has 0 saturated carbocycles. The van der Waals surface area contributed by atoms with E-state index < -0.39 is 17.6 Å². The zero-order valence-corrected chi connectivity index (χ0v) is 16.1. The van der Waals surface area contributed by atoms with Crippen LogP contribution < -0.4 is 5.32 Å². The molecule has 0 unspecified atom stereocenters. The zero-order chi connectivity index (χ0) is 19.7. The highest BCUT2D eigenvalue weighted by molar-refractivity contribution is 5.86. The molecule has 144 valence electrons. The van der Waals surface area contributed by atoms with Gasteiger partial charge in [0, 0.05) is 0 Å². The molecule has 0 spiro atoms. The average Bonchev–Trinajstić information content (AvgIpc) is 2.70. The van der Waals surface area contributed by atoms with Crippen LogP contribution in [0.5, 0.6) is 0 Å². The Hall–Kier alpha value is -2.82. The lowest BCUT2D eigenvalue weighted by molar-refractivity contribution is -0.155. The van der Waals surface area contributed by atoms with Crippen LogP contribution in [0, 0.1) is 5.92 Å². The number of carbonyl (C=O) groups excluding carboxylic acids is 2. The van der Waals surface area contributed by atoms with E-state index in [-0.39, 0.29) is 19.1 Å². The Morgan fingerprint density at radius 3 is 1.81 bits per heavy atom. The fraction of sp³-hybridized carbons (Fsp3) is 0.364. The first-order chi connectivity index (χ1) is 13.0. The molecule has 0 saturated heterocycles. The third-order valence-corrected chi connectivity index (χ3v) is 4.66. The smallest absolute Gasteiger partial charge is 0.408 e. The van der Waals surface area contributed by atoms with Crippen LogP contribution in [0.1, 0.15) is 38.3 Å². The molecule has 5 heteroatoms. The quantitative estimate of drug-likeness (QED) is 0.698. The maximum absolute atomic E-state index is 12.8. The molecule has 0 aliphatic heterocycles. The first-order valence-corrected chi connectivity index (χ1v) is 9.18. The van der Waals surface area contributed by atoms with Gasteiger partial charge in [-0.3, -0.25) is 0 Å². The van der Waals surface area contributed by atoms with Gasteiger partial charge in [0.2, 0.25) is 0 Å². The van der Waals surface area contributed by atoms with Gasteiger partial charge in [0.25, 0.3) is 0 Å². The molecule has 1 amide bonds. The van der Waals surface area contributed by atoms with E-state index in [9.17, 15) is 9.59 Å². The highest BCUT2D eigenvalue weighted by Crippen LogP contribution is 2.24. The van der Waals surface area contributed by atoms with Crippen LogP contribution in [0.3, 0.4) is 0 Å². The van der Waals surface area contributed by atoms with Crippen molar-refractivity contribution in [1.29, 1.82) is 0 Å². The summed E-state index contributed by atoms with van der Waals surface area (Å²) < 4.78 is 10.8. The van der Waals surface area contributed by atoms with Gasteiger partial charge in [-0.15, -0.1) is 0 Å². The second-order valence-electron chi connectivity index (χ2n) is 6.73. The summed E-state index contributed by atoms with van der Waals surface area (Å²) >= 11 is 0. The minimum absolute atomic E-state index is 0.142. The summed E-state index contributed by atoms with van der Waals surface area (Å²) in [5.74, 6) is -0.615. The number of rotatable bonds is 8. The van der Waals surface area contributed by atoms with Crippen molar-refractivity contribution in [3.8, 4) is 0 Å². The van der Waals surface area contributed by atoms with Gasteiger partial charge in [-0.25, -0.2) is 9.59 Å². The molecule has 2 aromatic carbocycles. The van der Waals surface area contributed by atoms with Gasteiger partial charge >= 0.3 is 12.1 Å². The van der Waals surface area contributed by atoms with E-state index in [2.05, 4.69) is 5.32 Å². The fourth-order valence-electron chi connectivity index (χ4n) is 2.87. The summed E-state index contributed by atoms with van der Waals surface area (Å²) in [5.41, 5.74) is 0.639. The molecule has 0 bridgehead atoms. The number of esters is 1. The number of ether oxygens (including phenoxy) is 2. The van der Waals surface area contributed by atoms with Gasteiger partial charge in [0.15, 0.2) is 0 Å². The molecular weight excluding hydrogens is 342 g/mol. The molecule has 0 fully saturated rings. The third-order valence-electron chi connectivity index (χ3n) is 4.66. The van der Waals surface area contributed by atoms with Gasteiger partial charge in [-0.2, -0.15) is 0 Å². The van der Waals surface area contributed by atoms with Crippen molar-refractivity contribution in [3.05, 3.63) is 71.8 Å². The number of hydrogen-bond donors (Lipinski definition) is 1. The number of alkyl carbamates (subject to hydrolysis) is 1. The van der Waals surface area contributed by atoms with Crippen molar-refractivity contribution in [3.63, 3.8) is 0 Å². The number of hydrogen-bond acceptors (Lipinski definition) is 4. The standard InChI is InChI=1S/C22H27NO4/c1-4-22(17(2)3,20(24)26-15-18-11-7-5-8-12-18)23-21(25)27-16-19-13-9-6-10-14-19/h5-14,17H,4,15-16H2,1-3H3,(H,23,25)/t22-/m0/s1. The summed E-state index contributed by atoms with van der Waals surface area (Å²) in [6, 6.07) is 18.8. The average molecular weight is 369 g/mol. The Kier molecular flexibility index (Phi) is 7.41. The van der Waals surface area contributed by atoms with E-state index in [0.29, 0.717) is 6.42 Å². The van der Waals surface area contributed by atoms with E-state index in [4.69, 9.17) is 9.47 Å². The number of nitrogens with one attached hydrogen (secondary N) is 1. The highest BCUT2D eigenvalue weighted by atomic mass is 16.6. The maximum atomic E-state index is 12.8. The monoisotopic (exact) mass is 369 g/mol. The van der Waals surface area contributed by atoms with Crippen LogP contribution in [-0.2, 0) is 27.5 Å². The van der Waals surface area contributed by atoms with Crippen LogP contribution in [0.25, 0.3) is 0 Å². The van der Waals surface area contributed by atoms with Crippen LogP contribution in [-0.4, -0.2) is 17.6 Å². The van der Waals surface area contributed by atoms with E-state index in [1.807, 2.05) is 81.4 Å². The second-order valence-corrected chi connectivity index (χ2v) is 6.73. The highest BCUT2D eigenvalue weighted by Gasteiger charge is 2.43. The predicted octanol–water partition coefficient (Wildman–Crippen LogP) is 4.46. The first kappa shape index (κ1) is 20.5.